The predicted molar refractivity (Wildman–Crippen MR) is 71.6 cm³/mol. The second kappa shape index (κ2) is 5.44. The van der Waals surface area contributed by atoms with Gasteiger partial charge >= 0.3 is 11.9 Å². The highest BCUT2D eigenvalue weighted by Crippen LogP contribution is 2.25. The van der Waals surface area contributed by atoms with Gasteiger partial charge in [0, 0.05) is 0 Å². The number of carboxylic acid groups (broad SMARTS) is 2. The van der Waals surface area contributed by atoms with Crippen molar-refractivity contribution in [3.8, 4) is 11.5 Å². The maximum absolute atomic E-state index is 11.1. The number of hydrogen-bond acceptors (Lipinski definition) is 3. The molecule has 102 valence electrons. The minimum atomic E-state index is -1.35. The van der Waals surface area contributed by atoms with E-state index in [1.807, 2.05) is 0 Å². The average Bonchev–Trinajstić information content (AvgIpc) is 2.43. The number of rotatable bonds is 4. The first kappa shape index (κ1) is 12.2. The van der Waals surface area contributed by atoms with Crippen LogP contribution in [0.5, 0.6) is 11.5 Å². The molecule has 0 aliphatic carbocycles. The Labute approximate surface area is 116 Å². The van der Waals surface area contributed by atoms with Crippen LogP contribution in [-0.2, 0) is 0 Å². The van der Waals surface area contributed by atoms with Gasteiger partial charge in [0.2, 0.25) is 0 Å². The molecule has 5 heteroatoms. The van der Waals surface area contributed by atoms with E-state index in [2.05, 4.69) is 0 Å². The van der Waals surface area contributed by atoms with E-state index in [1.54, 1.807) is 25.1 Å². The van der Waals surface area contributed by atoms with Crippen molar-refractivity contribution < 1.29 is 25.9 Å². The molecule has 0 spiro atoms. The summed E-state index contributed by atoms with van der Waals surface area (Å²) in [6.45, 7) is 1.76. The van der Waals surface area contributed by atoms with Crippen LogP contribution in [0.4, 0.5) is 0 Å². The molecule has 2 N–H and O–H groups in total. The average molecular weight is 273 g/mol. The van der Waals surface area contributed by atoms with Crippen molar-refractivity contribution >= 4 is 11.9 Å². The van der Waals surface area contributed by atoms with Crippen molar-refractivity contribution in [3.63, 3.8) is 0 Å². The summed E-state index contributed by atoms with van der Waals surface area (Å²) in [7, 11) is 0. The van der Waals surface area contributed by atoms with Crippen molar-refractivity contribution in [2.75, 3.05) is 0 Å². The van der Waals surface area contributed by atoms with Crippen LogP contribution in [0, 0.1) is 6.92 Å². The number of carbonyl (C=O) groups is 2. The zero-order valence-corrected chi connectivity index (χ0v) is 10.6. The van der Waals surface area contributed by atoms with Crippen molar-refractivity contribution in [2.24, 2.45) is 0 Å². The molecular formula is C15H12O5. The summed E-state index contributed by atoms with van der Waals surface area (Å²) in [4.78, 5) is 22.1. The molecule has 0 aromatic heterocycles. The van der Waals surface area contributed by atoms with Crippen LogP contribution >= 0.6 is 0 Å². The molecular weight excluding hydrogens is 260 g/mol. The largest absolute Gasteiger partial charge is 0.478 e. The number of ether oxygens (including phenoxy) is 1. The highest BCUT2D eigenvalue weighted by atomic mass is 16.5. The maximum Gasteiger partial charge on any atom is 0.336 e. The molecule has 0 aliphatic rings. The highest BCUT2D eigenvalue weighted by molar-refractivity contribution is 6.02. The summed E-state index contributed by atoms with van der Waals surface area (Å²) in [5.74, 6) is -2.24. The van der Waals surface area contributed by atoms with Gasteiger partial charge in [-0.3, -0.25) is 0 Å². The lowest BCUT2D eigenvalue weighted by atomic mass is 10.1. The summed E-state index contributed by atoms with van der Waals surface area (Å²) in [5.41, 5.74) is 0.0393. The zero-order valence-electron chi connectivity index (χ0n) is 11.6. The van der Waals surface area contributed by atoms with Crippen molar-refractivity contribution in [2.45, 2.75) is 6.92 Å². The van der Waals surface area contributed by atoms with Gasteiger partial charge in [-0.2, -0.15) is 0 Å². The Morgan fingerprint density at radius 2 is 1.75 bits per heavy atom. The topological polar surface area (TPSA) is 83.8 Å². The fourth-order valence-corrected chi connectivity index (χ4v) is 1.69. The Morgan fingerprint density at radius 1 is 1.05 bits per heavy atom. The summed E-state index contributed by atoms with van der Waals surface area (Å²) in [6.07, 6.45) is 0. The highest BCUT2D eigenvalue weighted by Gasteiger charge is 2.17. The van der Waals surface area contributed by atoms with Crippen LogP contribution in [0.1, 0.15) is 27.7 Å². The fraction of sp³-hybridized carbons (Fsp3) is 0.0667. The first-order chi connectivity index (χ1) is 9.90. The van der Waals surface area contributed by atoms with Crippen LogP contribution in [0.2, 0.25) is 0 Å². The number of aryl methyl sites for hydroxylation is 1. The fourth-order valence-electron chi connectivity index (χ4n) is 1.69. The quantitative estimate of drug-likeness (QED) is 0.893. The molecule has 2 rings (SSSR count). The van der Waals surface area contributed by atoms with E-state index < -0.39 is 11.9 Å². The van der Waals surface area contributed by atoms with Gasteiger partial charge in [0.25, 0.3) is 0 Å². The molecule has 0 amide bonds. The lowest BCUT2D eigenvalue weighted by molar-refractivity contribution is 0.0651. The van der Waals surface area contributed by atoms with Crippen LogP contribution in [0.15, 0.2) is 42.4 Å². The van der Waals surface area contributed by atoms with E-state index in [0.29, 0.717) is 5.56 Å². The SMILES string of the molecule is [2H]c1c(C)cccc1Oc1ccc(C(=O)O)c(C(=O)O)c1. The minimum Gasteiger partial charge on any atom is -0.478 e. The Morgan fingerprint density at radius 3 is 2.40 bits per heavy atom. The normalized spacial score (nSPS) is 10.8. The van der Waals surface area contributed by atoms with Gasteiger partial charge in [0.05, 0.1) is 12.5 Å². The second-order valence-electron chi connectivity index (χ2n) is 4.12. The molecule has 5 nitrogen and oxygen atoms in total. The molecule has 2 aromatic carbocycles. The number of benzene rings is 2. The molecule has 0 unspecified atom stereocenters. The van der Waals surface area contributed by atoms with Gasteiger partial charge in [-0.15, -0.1) is 0 Å². The molecule has 0 bridgehead atoms. The molecule has 0 saturated carbocycles. The van der Waals surface area contributed by atoms with E-state index in [-0.39, 0.29) is 28.7 Å². The summed E-state index contributed by atoms with van der Waals surface area (Å²) in [5, 5.41) is 18.0. The van der Waals surface area contributed by atoms with Crippen LogP contribution in [-0.4, -0.2) is 22.2 Å². The van der Waals surface area contributed by atoms with Crippen molar-refractivity contribution in [3.05, 3.63) is 59.1 Å². The van der Waals surface area contributed by atoms with E-state index in [0.717, 1.165) is 6.07 Å². The predicted octanol–water partition coefficient (Wildman–Crippen LogP) is 3.18. The molecule has 0 saturated heterocycles. The number of hydrogen-bond donors (Lipinski definition) is 2. The van der Waals surface area contributed by atoms with E-state index in [9.17, 15) is 9.59 Å². The Kier molecular flexibility index (Phi) is 3.33. The molecule has 0 fully saturated rings. The standard InChI is InChI=1S/C15H12O5/c1-9-3-2-4-10(7-9)20-11-5-6-12(14(16)17)13(8-11)15(18)19/h2-8H,1H3,(H,16,17)(H,18,19)/i7D. The van der Waals surface area contributed by atoms with Gasteiger partial charge < -0.3 is 14.9 Å². The zero-order chi connectivity index (χ0) is 15.6. The van der Waals surface area contributed by atoms with Gasteiger partial charge in [0.15, 0.2) is 0 Å². The first-order valence-corrected chi connectivity index (χ1v) is 5.75. The Balaban J connectivity index is 2.42. The van der Waals surface area contributed by atoms with E-state index in [1.165, 1.54) is 12.1 Å². The van der Waals surface area contributed by atoms with E-state index >= 15 is 0 Å². The van der Waals surface area contributed by atoms with Gasteiger partial charge in [-0.1, -0.05) is 12.1 Å². The van der Waals surface area contributed by atoms with Gasteiger partial charge in [-0.25, -0.2) is 9.59 Å². The molecule has 20 heavy (non-hydrogen) atoms. The molecule has 0 radical (unpaired) electrons. The lowest BCUT2D eigenvalue weighted by Crippen LogP contribution is -2.07. The third-order valence-corrected chi connectivity index (χ3v) is 2.59. The Bertz CT molecular complexity index is 724. The smallest absolute Gasteiger partial charge is 0.336 e. The van der Waals surface area contributed by atoms with E-state index in [4.69, 9.17) is 16.3 Å². The third-order valence-electron chi connectivity index (χ3n) is 2.59. The van der Waals surface area contributed by atoms with Crippen molar-refractivity contribution in [1.82, 2.24) is 0 Å². The molecule has 0 atom stereocenters. The summed E-state index contributed by atoms with van der Waals surface area (Å²) < 4.78 is 13.3. The first-order valence-electron chi connectivity index (χ1n) is 6.25. The maximum atomic E-state index is 11.1. The number of aromatic carboxylic acids is 2. The van der Waals surface area contributed by atoms with Crippen LogP contribution in [0.25, 0.3) is 0 Å². The van der Waals surface area contributed by atoms with Gasteiger partial charge in [0.1, 0.15) is 11.5 Å². The minimum absolute atomic E-state index is 0.163. The monoisotopic (exact) mass is 273 g/mol. The number of carboxylic acids is 2. The van der Waals surface area contributed by atoms with Crippen LogP contribution < -0.4 is 4.74 Å². The summed E-state index contributed by atoms with van der Waals surface area (Å²) >= 11 is 0. The Hall–Kier alpha value is -2.82. The van der Waals surface area contributed by atoms with Crippen LogP contribution in [0.3, 0.4) is 0 Å². The lowest BCUT2D eigenvalue weighted by Gasteiger charge is -2.08. The molecule has 0 aliphatic heterocycles. The van der Waals surface area contributed by atoms with Crippen molar-refractivity contribution in [1.29, 1.82) is 0 Å². The second-order valence-corrected chi connectivity index (χ2v) is 4.12. The van der Waals surface area contributed by atoms with Gasteiger partial charge in [-0.05, 0) is 42.8 Å². The molecule has 0 heterocycles. The summed E-state index contributed by atoms with van der Waals surface area (Å²) in [6, 6.07) is 8.90. The molecule has 2 aromatic rings. The third kappa shape index (κ3) is 2.95.